The summed E-state index contributed by atoms with van der Waals surface area (Å²) < 4.78 is 45.4. The van der Waals surface area contributed by atoms with Crippen LogP contribution in [0.1, 0.15) is 5.56 Å². The lowest BCUT2D eigenvalue weighted by molar-refractivity contribution is -0.0391. The van der Waals surface area contributed by atoms with Gasteiger partial charge in [0, 0.05) is 5.02 Å². The Labute approximate surface area is 163 Å². The average Bonchev–Trinajstić information content (AvgIpc) is 3.24. The molecule has 0 spiro atoms. The summed E-state index contributed by atoms with van der Waals surface area (Å²) in [4.78, 5) is 0.158. The Hall–Kier alpha value is -1.48. The normalized spacial score (nSPS) is 27.6. The van der Waals surface area contributed by atoms with Crippen LogP contribution in [0, 0.1) is 0 Å². The summed E-state index contributed by atoms with van der Waals surface area (Å²) in [5.41, 5.74) is 1.07. The molecule has 2 fully saturated rings. The lowest BCUT2D eigenvalue weighted by atomic mass is 10.1. The standard InChI is InChI=1S/C19H20ClNO5S/c20-14-6-8-15(9-7-14)27(22,23)21-16-11-25-19-17(12-26-18(16)19)24-10-13-4-2-1-3-5-13/h1-9,16-19,21H,10-12H2/t16-,17-,18-,19+/m0/s1. The molecule has 1 N–H and O–H groups in total. The van der Waals surface area contributed by atoms with Crippen molar-refractivity contribution in [1.82, 2.24) is 4.72 Å². The van der Waals surface area contributed by atoms with Crippen molar-refractivity contribution in [2.24, 2.45) is 0 Å². The molecular weight excluding hydrogens is 390 g/mol. The van der Waals surface area contributed by atoms with Crippen molar-refractivity contribution in [3.8, 4) is 0 Å². The first kappa shape index (κ1) is 18.9. The Balaban J connectivity index is 1.38. The predicted molar refractivity (Wildman–Crippen MR) is 100 cm³/mol. The molecule has 2 aliphatic heterocycles. The van der Waals surface area contributed by atoms with Crippen LogP contribution >= 0.6 is 11.6 Å². The average molecular weight is 410 g/mol. The van der Waals surface area contributed by atoms with E-state index in [0.29, 0.717) is 18.2 Å². The Bertz CT molecular complexity index is 875. The third-order valence-electron chi connectivity index (χ3n) is 4.75. The number of nitrogens with one attached hydrogen (secondary N) is 1. The van der Waals surface area contributed by atoms with Crippen LogP contribution in [-0.2, 0) is 30.8 Å². The highest BCUT2D eigenvalue weighted by atomic mass is 35.5. The number of sulfonamides is 1. The maximum absolute atomic E-state index is 12.6. The molecule has 2 aliphatic rings. The first-order valence-corrected chi connectivity index (χ1v) is 10.6. The number of hydrogen-bond acceptors (Lipinski definition) is 5. The molecular formula is C19H20ClNO5S. The lowest BCUT2D eigenvalue weighted by Gasteiger charge is -2.18. The van der Waals surface area contributed by atoms with Gasteiger partial charge in [-0.25, -0.2) is 13.1 Å². The van der Waals surface area contributed by atoms with Crippen molar-refractivity contribution in [3.63, 3.8) is 0 Å². The van der Waals surface area contributed by atoms with Crippen molar-refractivity contribution >= 4 is 21.6 Å². The van der Waals surface area contributed by atoms with Gasteiger partial charge in [0.05, 0.1) is 30.8 Å². The third-order valence-corrected chi connectivity index (χ3v) is 6.50. The summed E-state index contributed by atoms with van der Waals surface area (Å²) >= 11 is 5.83. The number of fused-ring (bicyclic) bond motifs is 1. The number of hydrogen-bond donors (Lipinski definition) is 1. The zero-order valence-corrected chi connectivity index (χ0v) is 16.0. The highest BCUT2D eigenvalue weighted by Crippen LogP contribution is 2.30. The minimum atomic E-state index is -3.68. The largest absolute Gasteiger partial charge is 0.371 e. The Morgan fingerprint density at radius 1 is 1.00 bits per heavy atom. The van der Waals surface area contributed by atoms with Gasteiger partial charge in [0.1, 0.15) is 18.3 Å². The second kappa shape index (κ2) is 7.87. The van der Waals surface area contributed by atoms with E-state index in [4.69, 9.17) is 25.8 Å². The summed E-state index contributed by atoms with van der Waals surface area (Å²) in [5.74, 6) is 0. The molecule has 0 radical (unpaired) electrons. The maximum atomic E-state index is 12.6. The van der Waals surface area contributed by atoms with Crippen molar-refractivity contribution in [3.05, 3.63) is 65.2 Å². The molecule has 0 aromatic heterocycles. The first-order chi connectivity index (χ1) is 13.0. The zero-order valence-electron chi connectivity index (χ0n) is 14.5. The van der Waals surface area contributed by atoms with Crippen LogP contribution < -0.4 is 4.72 Å². The van der Waals surface area contributed by atoms with E-state index in [0.717, 1.165) is 5.56 Å². The lowest BCUT2D eigenvalue weighted by Crippen LogP contribution is -2.44. The fourth-order valence-corrected chi connectivity index (χ4v) is 4.72. The van der Waals surface area contributed by atoms with E-state index in [1.54, 1.807) is 12.1 Å². The molecule has 27 heavy (non-hydrogen) atoms. The Morgan fingerprint density at radius 3 is 2.44 bits per heavy atom. The SMILES string of the molecule is O=S(=O)(N[C@H]1CO[C@H]2[C@H]1OC[C@@H]2OCc1ccccc1)c1ccc(Cl)cc1. The van der Waals surface area contributed by atoms with E-state index in [1.807, 2.05) is 30.3 Å². The van der Waals surface area contributed by atoms with Crippen LogP contribution in [0.15, 0.2) is 59.5 Å². The van der Waals surface area contributed by atoms with Crippen LogP contribution in [0.3, 0.4) is 0 Å². The molecule has 144 valence electrons. The monoisotopic (exact) mass is 409 g/mol. The van der Waals surface area contributed by atoms with Gasteiger partial charge in [-0.05, 0) is 29.8 Å². The summed E-state index contributed by atoms with van der Waals surface area (Å²) in [6.07, 6.45) is -0.875. The molecule has 2 aromatic carbocycles. The van der Waals surface area contributed by atoms with Crippen LogP contribution in [0.2, 0.25) is 5.02 Å². The van der Waals surface area contributed by atoms with Gasteiger partial charge in [-0.1, -0.05) is 41.9 Å². The van der Waals surface area contributed by atoms with Gasteiger partial charge in [-0.15, -0.1) is 0 Å². The molecule has 8 heteroatoms. The molecule has 0 saturated carbocycles. The Kier molecular flexibility index (Phi) is 5.50. The smallest absolute Gasteiger partial charge is 0.240 e. The summed E-state index contributed by atoms with van der Waals surface area (Å²) in [6, 6.07) is 15.4. The summed E-state index contributed by atoms with van der Waals surface area (Å²) in [6.45, 7) is 1.08. The van der Waals surface area contributed by atoms with Gasteiger partial charge in [0.2, 0.25) is 10.0 Å². The molecule has 0 aliphatic carbocycles. The zero-order chi connectivity index (χ0) is 18.9. The van der Waals surface area contributed by atoms with Crippen LogP contribution in [-0.4, -0.2) is 46.0 Å². The molecule has 4 rings (SSSR count). The first-order valence-electron chi connectivity index (χ1n) is 8.69. The second-order valence-corrected chi connectivity index (χ2v) is 8.76. The minimum Gasteiger partial charge on any atom is -0.371 e. The number of benzene rings is 2. The fraction of sp³-hybridized carbons (Fsp3) is 0.368. The molecule has 6 nitrogen and oxygen atoms in total. The number of halogens is 1. The molecule has 4 atom stereocenters. The van der Waals surface area contributed by atoms with Gasteiger partial charge in [0.25, 0.3) is 0 Å². The van der Waals surface area contributed by atoms with Gasteiger partial charge in [-0.2, -0.15) is 0 Å². The molecule has 2 saturated heterocycles. The van der Waals surface area contributed by atoms with Crippen LogP contribution in [0.5, 0.6) is 0 Å². The highest BCUT2D eigenvalue weighted by Gasteiger charge is 2.49. The van der Waals surface area contributed by atoms with Gasteiger partial charge >= 0.3 is 0 Å². The fourth-order valence-electron chi connectivity index (χ4n) is 3.37. The quantitative estimate of drug-likeness (QED) is 0.792. The second-order valence-electron chi connectivity index (χ2n) is 6.61. The van der Waals surface area contributed by atoms with Crippen LogP contribution in [0.4, 0.5) is 0 Å². The third kappa shape index (κ3) is 4.18. The van der Waals surface area contributed by atoms with Gasteiger partial charge < -0.3 is 14.2 Å². The van der Waals surface area contributed by atoms with E-state index in [1.165, 1.54) is 12.1 Å². The topological polar surface area (TPSA) is 73.9 Å². The predicted octanol–water partition coefficient (Wildman–Crippen LogP) is 2.37. The molecule has 0 unspecified atom stereocenters. The van der Waals surface area contributed by atoms with Gasteiger partial charge in [-0.3, -0.25) is 0 Å². The molecule has 0 bridgehead atoms. The summed E-state index contributed by atoms with van der Waals surface area (Å²) in [5, 5.41) is 0.482. The van der Waals surface area contributed by atoms with E-state index >= 15 is 0 Å². The van der Waals surface area contributed by atoms with Crippen LogP contribution in [0.25, 0.3) is 0 Å². The van der Waals surface area contributed by atoms with Crippen molar-refractivity contribution in [2.45, 2.75) is 35.9 Å². The van der Waals surface area contributed by atoms with Crippen molar-refractivity contribution in [2.75, 3.05) is 13.2 Å². The van der Waals surface area contributed by atoms with E-state index in [-0.39, 0.29) is 29.8 Å². The van der Waals surface area contributed by atoms with E-state index in [9.17, 15) is 8.42 Å². The van der Waals surface area contributed by atoms with Crippen molar-refractivity contribution < 1.29 is 22.6 Å². The summed E-state index contributed by atoms with van der Waals surface area (Å²) in [7, 11) is -3.68. The highest BCUT2D eigenvalue weighted by molar-refractivity contribution is 7.89. The molecule has 2 aromatic rings. The molecule has 0 amide bonds. The molecule has 2 heterocycles. The Morgan fingerprint density at radius 2 is 1.70 bits per heavy atom. The van der Waals surface area contributed by atoms with Gasteiger partial charge in [0.15, 0.2) is 0 Å². The van der Waals surface area contributed by atoms with E-state index < -0.39 is 16.1 Å². The maximum Gasteiger partial charge on any atom is 0.240 e. The minimum absolute atomic E-state index is 0.158. The van der Waals surface area contributed by atoms with E-state index in [2.05, 4.69) is 4.72 Å². The van der Waals surface area contributed by atoms with Crippen molar-refractivity contribution in [1.29, 1.82) is 0 Å². The number of rotatable bonds is 6. The number of ether oxygens (including phenoxy) is 3.